The van der Waals surface area contributed by atoms with E-state index in [0.717, 1.165) is 18.4 Å². The number of piperidine rings is 1. The summed E-state index contributed by atoms with van der Waals surface area (Å²) in [5.41, 5.74) is 0.655. The van der Waals surface area contributed by atoms with Crippen molar-refractivity contribution in [2.24, 2.45) is 16.3 Å². The van der Waals surface area contributed by atoms with E-state index in [4.69, 9.17) is 0 Å². The van der Waals surface area contributed by atoms with E-state index in [-0.39, 0.29) is 0 Å². The third-order valence-corrected chi connectivity index (χ3v) is 6.29. The molecule has 1 N–H and O–H groups in total. The Morgan fingerprint density at radius 3 is 2.70 bits per heavy atom. The van der Waals surface area contributed by atoms with Gasteiger partial charge in [-0.2, -0.15) is 0 Å². The summed E-state index contributed by atoms with van der Waals surface area (Å²) in [6.07, 6.45) is 11.1. The van der Waals surface area contributed by atoms with Gasteiger partial charge in [-0.25, -0.2) is 0 Å². The number of guanidine groups is 1. The molecule has 3 aliphatic rings. The minimum absolute atomic E-state index is 0.655. The predicted molar refractivity (Wildman–Crippen MR) is 97.9 cm³/mol. The largest absolute Gasteiger partial charge is 0.356 e. The summed E-state index contributed by atoms with van der Waals surface area (Å²) >= 11 is 0. The van der Waals surface area contributed by atoms with Crippen molar-refractivity contribution in [3.05, 3.63) is 0 Å². The lowest BCUT2D eigenvalue weighted by atomic mass is 9.68. The molecule has 3 fully saturated rings. The number of nitrogens with zero attached hydrogens (tertiary/aromatic N) is 3. The van der Waals surface area contributed by atoms with Crippen molar-refractivity contribution in [1.82, 2.24) is 15.1 Å². The normalized spacial score (nSPS) is 28.2. The van der Waals surface area contributed by atoms with E-state index in [2.05, 4.69) is 27.0 Å². The Morgan fingerprint density at radius 2 is 2.04 bits per heavy atom. The van der Waals surface area contributed by atoms with E-state index in [1.807, 2.05) is 7.05 Å². The van der Waals surface area contributed by atoms with Crippen molar-refractivity contribution >= 4 is 5.96 Å². The molecule has 132 valence electrons. The average Bonchev–Trinajstić information content (AvgIpc) is 2.97. The zero-order valence-electron chi connectivity index (χ0n) is 15.3. The lowest BCUT2D eigenvalue weighted by molar-refractivity contribution is 0.151. The van der Waals surface area contributed by atoms with Crippen LogP contribution in [0.1, 0.15) is 58.3 Å². The molecule has 23 heavy (non-hydrogen) atoms. The molecule has 1 saturated carbocycles. The van der Waals surface area contributed by atoms with Crippen LogP contribution < -0.4 is 5.32 Å². The van der Waals surface area contributed by atoms with Gasteiger partial charge in [0.05, 0.1) is 0 Å². The second-order valence-electron chi connectivity index (χ2n) is 8.25. The summed E-state index contributed by atoms with van der Waals surface area (Å²) < 4.78 is 0. The Balaban J connectivity index is 1.30. The average molecular weight is 321 g/mol. The molecule has 0 radical (unpaired) electrons. The molecule has 1 unspecified atom stereocenters. The first-order valence-electron chi connectivity index (χ1n) is 9.89. The van der Waals surface area contributed by atoms with Gasteiger partial charge in [-0.15, -0.1) is 0 Å². The lowest BCUT2D eigenvalue weighted by Gasteiger charge is -2.38. The topological polar surface area (TPSA) is 30.9 Å². The molecule has 2 saturated heterocycles. The van der Waals surface area contributed by atoms with Crippen molar-refractivity contribution in [3.8, 4) is 0 Å². The van der Waals surface area contributed by atoms with E-state index < -0.39 is 0 Å². The quantitative estimate of drug-likeness (QED) is 0.480. The van der Waals surface area contributed by atoms with Crippen molar-refractivity contribution < 1.29 is 0 Å². The van der Waals surface area contributed by atoms with Crippen LogP contribution in [0.4, 0.5) is 0 Å². The molecule has 1 spiro atoms. The van der Waals surface area contributed by atoms with E-state index >= 15 is 0 Å². The van der Waals surface area contributed by atoms with Gasteiger partial charge in [-0.05, 0) is 69.4 Å². The van der Waals surface area contributed by atoms with Crippen LogP contribution in [0.15, 0.2) is 4.99 Å². The fourth-order valence-electron chi connectivity index (χ4n) is 4.68. The number of rotatable bonds is 5. The molecule has 4 heteroatoms. The Hall–Kier alpha value is -0.770. The zero-order valence-corrected chi connectivity index (χ0v) is 15.3. The molecule has 1 atom stereocenters. The molecule has 0 aromatic carbocycles. The van der Waals surface area contributed by atoms with Crippen LogP contribution in [0.3, 0.4) is 0 Å². The predicted octanol–water partition coefficient (Wildman–Crippen LogP) is 2.95. The van der Waals surface area contributed by atoms with Gasteiger partial charge in [-0.3, -0.25) is 4.99 Å². The van der Waals surface area contributed by atoms with E-state index in [1.54, 1.807) is 0 Å². The second-order valence-corrected chi connectivity index (χ2v) is 8.25. The van der Waals surface area contributed by atoms with Gasteiger partial charge < -0.3 is 15.1 Å². The van der Waals surface area contributed by atoms with Gasteiger partial charge in [-0.1, -0.05) is 13.3 Å². The molecular formula is C19H36N4. The molecule has 0 aromatic rings. The standard InChI is InChI=1S/C19H36N4/c1-17-7-5-13-22(15-17)12-4-3-11-21-18(20-2)23-14-10-19(16-23)8-6-9-19/h17H,3-16H2,1-2H3,(H,20,21). The Morgan fingerprint density at radius 1 is 1.17 bits per heavy atom. The SMILES string of the molecule is CN=C(NCCCCN1CCCC(C)C1)N1CCC2(CCC2)C1. The molecular weight excluding hydrogens is 284 g/mol. The molecule has 1 aliphatic carbocycles. The highest BCUT2D eigenvalue weighted by atomic mass is 15.3. The summed E-state index contributed by atoms with van der Waals surface area (Å²) in [7, 11) is 1.93. The highest BCUT2D eigenvalue weighted by molar-refractivity contribution is 5.80. The minimum atomic E-state index is 0.655. The van der Waals surface area contributed by atoms with Crippen molar-refractivity contribution in [1.29, 1.82) is 0 Å². The number of hydrogen-bond acceptors (Lipinski definition) is 2. The molecule has 0 amide bonds. The van der Waals surface area contributed by atoms with E-state index in [1.165, 1.54) is 84.1 Å². The summed E-state index contributed by atoms with van der Waals surface area (Å²) in [6, 6.07) is 0. The van der Waals surface area contributed by atoms with Crippen LogP contribution in [0.5, 0.6) is 0 Å². The number of unbranched alkanes of at least 4 members (excludes halogenated alkanes) is 1. The maximum absolute atomic E-state index is 4.51. The third-order valence-electron chi connectivity index (χ3n) is 6.29. The third kappa shape index (κ3) is 4.40. The summed E-state index contributed by atoms with van der Waals surface area (Å²) in [5, 5.41) is 3.60. The summed E-state index contributed by atoms with van der Waals surface area (Å²) in [6.45, 7) is 9.80. The summed E-state index contributed by atoms with van der Waals surface area (Å²) in [5.74, 6) is 2.04. The van der Waals surface area contributed by atoms with Crippen molar-refractivity contribution in [2.75, 3.05) is 46.3 Å². The molecule has 3 rings (SSSR count). The fraction of sp³-hybridized carbons (Fsp3) is 0.947. The van der Waals surface area contributed by atoms with E-state index in [0.29, 0.717) is 5.41 Å². The zero-order chi connectivity index (χ0) is 16.1. The number of likely N-dealkylation sites (tertiary alicyclic amines) is 2. The van der Waals surface area contributed by atoms with Crippen LogP contribution in [0.25, 0.3) is 0 Å². The van der Waals surface area contributed by atoms with Crippen molar-refractivity contribution in [3.63, 3.8) is 0 Å². The van der Waals surface area contributed by atoms with Gasteiger partial charge in [0.2, 0.25) is 0 Å². The van der Waals surface area contributed by atoms with Gasteiger partial charge in [0.15, 0.2) is 5.96 Å². The van der Waals surface area contributed by atoms with Gasteiger partial charge >= 0.3 is 0 Å². The smallest absolute Gasteiger partial charge is 0.193 e. The van der Waals surface area contributed by atoms with Gasteiger partial charge in [0.1, 0.15) is 0 Å². The lowest BCUT2D eigenvalue weighted by Crippen LogP contribution is -2.43. The van der Waals surface area contributed by atoms with Crippen LogP contribution >= 0.6 is 0 Å². The van der Waals surface area contributed by atoms with Crippen LogP contribution in [-0.4, -0.2) is 62.1 Å². The first-order chi connectivity index (χ1) is 11.2. The molecule has 0 aromatic heterocycles. The van der Waals surface area contributed by atoms with Crippen LogP contribution in [0, 0.1) is 11.3 Å². The second kappa shape index (κ2) is 7.87. The number of nitrogens with one attached hydrogen (secondary N) is 1. The Bertz CT molecular complexity index is 402. The molecule has 4 nitrogen and oxygen atoms in total. The van der Waals surface area contributed by atoms with Crippen molar-refractivity contribution in [2.45, 2.75) is 58.3 Å². The highest BCUT2D eigenvalue weighted by Crippen LogP contribution is 2.47. The van der Waals surface area contributed by atoms with Gasteiger partial charge in [0, 0.05) is 33.2 Å². The summed E-state index contributed by atoms with van der Waals surface area (Å²) in [4.78, 5) is 9.66. The highest BCUT2D eigenvalue weighted by Gasteiger charge is 2.43. The molecule has 0 bridgehead atoms. The minimum Gasteiger partial charge on any atom is -0.356 e. The van der Waals surface area contributed by atoms with E-state index in [9.17, 15) is 0 Å². The van der Waals surface area contributed by atoms with Gasteiger partial charge in [0.25, 0.3) is 0 Å². The van der Waals surface area contributed by atoms with Crippen LogP contribution in [-0.2, 0) is 0 Å². The molecule has 2 aliphatic heterocycles. The fourth-order valence-corrected chi connectivity index (χ4v) is 4.68. The maximum Gasteiger partial charge on any atom is 0.193 e. The first kappa shape index (κ1) is 17.1. The molecule has 2 heterocycles. The number of hydrogen-bond donors (Lipinski definition) is 1. The monoisotopic (exact) mass is 320 g/mol. The maximum atomic E-state index is 4.51. The number of aliphatic imine (C=N–C) groups is 1. The Kier molecular flexibility index (Phi) is 5.84. The first-order valence-corrected chi connectivity index (χ1v) is 9.89. The van der Waals surface area contributed by atoms with Crippen LogP contribution in [0.2, 0.25) is 0 Å². The Labute approximate surface area is 142 Å².